The van der Waals surface area contributed by atoms with Crippen molar-refractivity contribution in [3.05, 3.63) is 23.2 Å². The predicted octanol–water partition coefficient (Wildman–Crippen LogP) is 3.95. The van der Waals surface area contributed by atoms with Crippen LogP contribution in [0, 0.1) is 12.3 Å². The van der Waals surface area contributed by atoms with Crippen LogP contribution in [0.15, 0.2) is 10.5 Å². The number of nitrogens with zero attached hydrogens (tertiary/aromatic N) is 1. The second-order valence-corrected chi connectivity index (χ2v) is 6.95. The summed E-state index contributed by atoms with van der Waals surface area (Å²) in [7, 11) is 2.17. The van der Waals surface area contributed by atoms with Gasteiger partial charge in [-0.3, -0.25) is 4.90 Å². The standard InChI is InChI=1S/C17H32N2O/c1-8-9-18-11-16-13(2)10-15(20-16)12-19(7)14(3)17(4,5)6/h10,14,18H,8-9,11-12H2,1-7H3. The van der Waals surface area contributed by atoms with E-state index in [-0.39, 0.29) is 5.41 Å². The zero-order chi connectivity index (χ0) is 15.3. The molecule has 0 aliphatic heterocycles. The van der Waals surface area contributed by atoms with E-state index in [2.05, 4.69) is 64.9 Å². The van der Waals surface area contributed by atoms with Crippen LogP contribution in [0.1, 0.15) is 58.1 Å². The Morgan fingerprint density at radius 3 is 2.55 bits per heavy atom. The third-order valence-corrected chi connectivity index (χ3v) is 4.10. The van der Waals surface area contributed by atoms with Gasteiger partial charge in [-0.05, 0) is 50.9 Å². The molecule has 1 aromatic heterocycles. The molecule has 3 nitrogen and oxygen atoms in total. The van der Waals surface area contributed by atoms with E-state index in [1.165, 1.54) is 5.56 Å². The van der Waals surface area contributed by atoms with Gasteiger partial charge in [0, 0.05) is 6.04 Å². The first-order valence-corrected chi connectivity index (χ1v) is 7.74. The molecule has 1 atom stereocenters. The Bertz CT molecular complexity index is 404. The highest BCUT2D eigenvalue weighted by Gasteiger charge is 2.24. The van der Waals surface area contributed by atoms with Crippen LogP contribution in [0.3, 0.4) is 0 Å². The average molecular weight is 280 g/mol. The van der Waals surface area contributed by atoms with Crippen molar-refractivity contribution in [3.8, 4) is 0 Å². The monoisotopic (exact) mass is 280 g/mol. The van der Waals surface area contributed by atoms with Gasteiger partial charge in [0.2, 0.25) is 0 Å². The molecule has 0 saturated carbocycles. The molecule has 0 fully saturated rings. The molecular formula is C17H32N2O. The molecule has 0 saturated heterocycles. The molecule has 0 spiro atoms. The van der Waals surface area contributed by atoms with E-state index in [1.54, 1.807) is 0 Å². The van der Waals surface area contributed by atoms with Crippen molar-refractivity contribution in [2.75, 3.05) is 13.6 Å². The first kappa shape index (κ1) is 17.3. The van der Waals surface area contributed by atoms with Gasteiger partial charge >= 0.3 is 0 Å². The van der Waals surface area contributed by atoms with Crippen LogP contribution in [-0.4, -0.2) is 24.5 Å². The third kappa shape index (κ3) is 4.95. The maximum Gasteiger partial charge on any atom is 0.120 e. The lowest BCUT2D eigenvalue weighted by Crippen LogP contribution is -2.38. The van der Waals surface area contributed by atoms with Crippen LogP contribution in [0.4, 0.5) is 0 Å². The maximum absolute atomic E-state index is 5.99. The van der Waals surface area contributed by atoms with Gasteiger partial charge in [-0.15, -0.1) is 0 Å². The lowest BCUT2D eigenvalue weighted by Gasteiger charge is -2.34. The Balaban J connectivity index is 2.62. The van der Waals surface area contributed by atoms with Crippen molar-refractivity contribution in [1.29, 1.82) is 0 Å². The van der Waals surface area contributed by atoms with Gasteiger partial charge in [-0.2, -0.15) is 0 Å². The highest BCUT2D eigenvalue weighted by Crippen LogP contribution is 2.25. The Morgan fingerprint density at radius 1 is 1.35 bits per heavy atom. The van der Waals surface area contributed by atoms with E-state index in [0.29, 0.717) is 6.04 Å². The molecule has 0 bridgehead atoms. The maximum atomic E-state index is 5.99. The predicted molar refractivity (Wildman–Crippen MR) is 85.8 cm³/mol. The Morgan fingerprint density at radius 2 is 2.00 bits per heavy atom. The zero-order valence-electron chi connectivity index (χ0n) is 14.3. The number of hydrogen-bond donors (Lipinski definition) is 1. The summed E-state index contributed by atoms with van der Waals surface area (Å²) in [4.78, 5) is 2.36. The fraction of sp³-hybridized carbons (Fsp3) is 0.765. The van der Waals surface area contributed by atoms with Crippen molar-refractivity contribution in [2.24, 2.45) is 5.41 Å². The molecular weight excluding hydrogens is 248 g/mol. The number of nitrogens with one attached hydrogen (secondary N) is 1. The largest absolute Gasteiger partial charge is 0.463 e. The molecule has 3 heteroatoms. The molecule has 1 unspecified atom stereocenters. The number of rotatable bonds is 7. The summed E-state index contributed by atoms with van der Waals surface area (Å²) in [5, 5.41) is 3.40. The van der Waals surface area contributed by atoms with Gasteiger partial charge in [0.25, 0.3) is 0 Å². The van der Waals surface area contributed by atoms with Crippen LogP contribution >= 0.6 is 0 Å². The van der Waals surface area contributed by atoms with Gasteiger partial charge in [0.1, 0.15) is 11.5 Å². The van der Waals surface area contributed by atoms with Crippen molar-refractivity contribution in [2.45, 2.75) is 67.1 Å². The molecule has 1 N–H and O–H groups in total. The first-order valence-electron chi connectivity index (χ1n) is 7.74. The second kappa shape index (κ2) is 7.28. The zero-order valence-corrected chi connectivity index (χ0v) is 14.3. The molecule has 0 amide bonds. The fourth-order valence-corrected chi connectivity index (χ4v) is 2.27. The van der Waals surface area contributed by atoms with E-state index in [0.717, 1.165) is 37.6 Å². The fourth-order valence-electron chi connectivity index (χ4n) is 2.27. The summed E-state index contributed by atoms with van der Waals surface area (Å²) in [5.41, 5.74) is 1.53. The molecule has 1 rings (SSSR count). The van der Waals surface area contributed by atoms with Crippen molar-refractivity contribution >= 4 is 0 Å². The van der Waals surface area contributed by atoms with Gasteiger partial charge < -0.3 is 9.73 Å². The van der Waals surface area contributed by atoms with Crippen LogP contribution in [0.25, 0.3) is 0 Å². The van der Waals surface area contributed by atoms with Crippen molar-refractivity contribution < 1.29 is 4.42 Å². The molecule has 116 valence electrons. The lowest BCUT2D eigenvalue weighted by molar-refractivity contribution is 0.126. The van der Waals surface area contributed by atoms with E-state index in [1.807, 2.05) is 0 Å². The van der Waals surface area contributed by atoms with Crippen molar-refractivity contribution in [3.63, 3.8) is 0 Å². The topological polar surface area (TPSA) is 28.4 Å². The third-order valence-electron chi connectivity index (χ3n) is 4.10. The molecule has 0 aliphatic carbocycles. The van der Waals surface area contributed by atoms with Gasteiger partial charge in [0.05, 0.1) is 13.1 Å². The Kier molecular flexibility index (Phi) is 6.28. The molecule has 1 aromatic rings. The summed E-state index contributed by atoms with van der Waals surface area (Å²) in [6.07, 6.45) is 1.15. The SMILES string of the molecule is CCCNCc1oc(CN(C)C(C)C(C)(C)C)cc1C. The van der Waals surface area contributed by atoms with Crippen LogP contribution in [0.2, 0.25) is 0 Å². The number of furan rings is 1. The summed E-state index contributed by atoms with van der Waals surface area (Å²) in [5.74, 6) is 2.14. The van der Waals surface area contributed by atoms with Crippen LogP contribution < -0.4 is 5.32 Å². The summed E-state index contributed by atoms with van der Waals surface area (Å²) >= 11 is 0. The molecule has 1 heterocycles. The second-order valence-electron chi connectivity index (χ2n) is 6.95. The van der Waals surface area contributed by atoms with Crippen LogP contribution in [-0.2, 0) is 13.1 Å². The Hall–Kier alpha value is -0.800. The quantitative estimate of drug-likeness (QED) is 0.767. The van der Waals surface area contributed by atoms with E-state index >= 15 is 0 Å². The molecule has 0 aliphatic rings. The minimum Gasteiger partial charge on any atom is -0.463 e. The van der Waals surface area contributed by atoms with Gasteiger partial charge in [0.15, 0.2) is 0 Å². The Labute approximate surface area is 124 Å². The molecule has 0 radical (unpaired) electrons. The smallest absolute Gasteiger partial charge is 0.120 e. The first-order chi connectivity index (χ1) is 9.25. The van der Waals surface area contributed by atoms with Crippen molar-refractivity contribution in [1.82, 2.24) is 10.2 Å². The highest BCUT2D eigenvalue weighted by molar-refractivity contribution is 5.20. The van der Waals surface area contributed by atoms with Gasteiger partial charge in [-0.25, -0.2) is 0 Å². The van der Waals surface area contributed by atoms with E-state index < -0.39 is 0 Å². The normalized spacial score (nSPS) is 14.0. The summed E-state index contributed by atoms with van der Waals surface area (Å²) < 4.78 is 5.99. The summed E-state index contributed by atoms with van der Waals surface area (Å²) in [6, 6.07) is 2.68. The average Bonchev–Trinajstić information content (AvgIpc) is 2.68. The summed E-state index contributed by atoms with van der Waals surface area (Å²) in [6.45, 7) is 16.2. The minimum atomic E-state index is 0.280. The highest BCUT2D eigenvalue weighted by atomic mass is 16.3. The van der Waals surface area contributed by atoms with Gasteiger partial charge in [-0.1, -0.05) is 27.7 Å². The molecule has 0 aromatic carbocycles. The number of aryl methyl sites for hydroxylation is 1. The number of hydrogen-bond acceptors (Lipinski definition) is 3. The van der Waals surface area contributed by atoms with E-state index in [9.17, 15) is 0 Å². The lowest BCUT2D eigenvalue weighted by atomic mass is 9.87. The molecule has 20 heavy (non-hydrogen) atoms. The minimum absolute atomic E-state index is 0.280. The van der Waals surface area contributed by atoms with Crippen LogP contribution in [0.5, 0.6) is 0 Å². The van der Waals surface area contributed by atoms with E-state index in [4.69, 9.17) is 4.42 Å².